The Morgan fingerprint density at radius 3 is 2.62 bits per heavy atom. The van der Waals surface area contributed by atoms with Gasteiger partial charge in [-0.05, 0) is 36.1 Å². The van der Waals surface area contributed by atoms with E-state index in [1.54, 1.807) is 23.7 Å². The molecule has 0 saturated carbocycles. The van der Waals surface area contributed by atoms with Crippen LogP contribution in [0.3, 0.4) is 0 Å². The SMILES string of the molecule is Cc1cnc(F)c(-c2ccc3c(n2)n(C)c(=O)n3CC(C)(C)C)c1. The van der Waals surface area contributed by atoms with Crippen molar-refractivity contribution in [2.75, 3.05) is 0 Å². The summed E-state index contributed by atoms with van der Waals surface area (Å²) in [4.78, 5) is 20.8. The number of pyridine rings is 2. The van der Waals surface area contributed by atoms with E-state index in [0.29, 0.717) is 23.4 Å². The predicted octanol–water partition coefficient (Wildman–Crippen LogP) is 3.29. The molecule has 126 valence electrons. The van der Waals surface area contributed by atoms with Crippen molar-refractivity contribution in [1.29, 1.82) is 0 Å². The second kappa shape index (κ2) is 5.54. The van der Waals surface area contributed by atoms with Gasteiger partial charge in [0.1, 0.15) is 0 Å². The van der Waals surface area contributed by atoms with Gasteiger partial charge in [-0.1, -0.05) is 20.8 Å². The lowest BCUT2D eigenvalue weighted by molar-refractivity contribution is 0.342. The van der Waals surface area contributed by atoms with Gasteiger partial charge in [-0.2, -0.15) is 4.39 Å². The number of hydrogen-bond acceptors (Lipinski definition) is 3. The van der Waals surface area contributed by atoms with E-state index in [1.165, 1.54) is 10.8 Å². The van der Waals surface area contributed by atoms with Gasteiger partial charge in [-0.3, -0.25) is 9.13 Å². The maximum atomic E-state index is 14.0. The molecular weight excluding hydrogens is 307 g/mol. The van der Waals surface area contributed by atoms with Crippen molar-refractivity contribution in [3.8, 4) is 11.3 Å². The van der Waals surface area contributed by atoms with Gasteiger partial charge in [-0.15, -0.1) is 0 Å². The molecule has 24 heavy (non-hydrogen) atoms. The number of nitrogens with zero attached hydrogens (tertiary/aromatic N) is 4. The van der Waals surface area contributed by atoms with Gasteiger partial charge in [0.05, 0.1) is 16.8 Å². The highest BCUT2D eigenvalue weighted by molar-refractivity contribution is 5.76. The Morgan fingerprint density at radius 2 is 1.96 bits per heavy atom. The molecule has 3 aromatic rings. The maximum Gasteiger partial charge on any atom is 0.330 e. The molecule has 3 aromatic heterocycles. The third-order valence-corrected chi connectivity index (χ3v) is 3.87. The number of halogens is 1. The van der Waals surface area contributed by atoms with Gasteiger partial charge < -0.3 is 0 Å². The first-order valence-electron chi connectivity index (χ1n) is 7.86. The van der Waals surface area contributed by atoms with Crippen LogP contribution in [-0.4, -0.2) is 19.1 Å². The first-order valence-corrected chi connectivity index (χ1v) is 7.86. The Morgan fingerprint density at radius 1 is 1.25 bits per heavy atom. The Bertz CT molecular complexity index is 979. The van der Waals surface area contributed by atoms with E-state index in [9.17, 15) is 9.18 Å². The van der Waals surface area contributed by atoms with Gasteiger partial charge in [0.15, 0.2) is 5.65 Å². The molecule has 0 aliphatic heterocycles. The van der Waals surface area contributed by atoms with Crippen LogP contribution >= 0.6 is 0 Å². The van der Waals surface area contributed by atoms with E-state index in [2.05, 4.69) is 30.7 Å². The summed E-state index contributed by atoms with van der Waals surface area (Å²) in [5.41, 5.74) is 2.81. The standard InChI is InChI=1S/C18H21FN4O/c1-11-8-12(15(19)20-9-11)13-6-7-14-16(21-13)22(5)17(24)23(14)10-18(2,3)4/h6-9H,10H2,1-5H3. The summed E-state index contributed by atoms with van der Waals surface area (Å²) in [6.07, 6.45) is 1.48. The second-order valence-corrected chi connectivity index (χ2v) is 7.38. The molecule has 0 atom stereocenters. The summed E-state index contributed by atoms with van der Waals surface area (Å²) in [7, 11) is 1.69. The molecule has 0 amide bonds. The highest BCUT2D eigenvalue weighted by Crippen LogP contribution is 2.24. The van der Waals surface area contributed by atoms with E-state index in [0.717, 1.165) is 11.1 Å². The van der Waals surface area contributed by atoms with Gasteiger partial charge in [0, 0.05) is 19.8 Å². The molecule has 3 heterocycles. The summed E-state index contributed by atoms with van der Waals surface area (Å²) < 4.78 is 17.3. The Kier molecular flexibility index (Phi) is 3.78. The van der Waals surface area contributed by atoms with Crippen molar-refractivity contribution in [2.24, 2.45) is 12.5 Å². The van der Waals surface area contributed by atoms with Crippen molar-refractivity contribution in [3.05, 3.63) is 46.4 Å². The lowest BCUT2D eigenvalue weighted by Gasteiger charge is -2.18. The van der Waals surface area contributed by atoms with Crippen molar-refractivity contribution in [2.45, 2.75) is 34.2 Å². The molecule has 0 fully saturated rings. The second-order valence-electron chi connectivity index (χ2n) is 7.38. The third-order valence-electron chi connectivity index (χ3n) is 3.87. The first kappa shape index (κ1) is 16.4. The molecule has 0 spiro atoms. The zero-order valence-corrected chi connectivity index (χ0v) is 14.6. The van der Waals surface area contributed by atoms with Crippen LogP contribution in [0.5, 0.6) is 0 Å². The fourth-order valence-corrected chi connectivity index (χ4v) is 2.78. The number of hydrogen-bond donors (Lipinski definition) is 0. The largest absolute Gasteiger partial charge is 0.330 e. The summed E-state index contributed by atoms with van der Waals surface area (Å²) in [5.74, 6) is -0.563. The molecular formula is C18H21FN4O. The average molecular weight is 328 g/mol. The van der Waals surface area contributed by atoms with Crippen LogP contribution in [0.25, 0.3) is 22.4 Å². The monoisotopic (exact) mass is 328 g/mol. The predicted molar refractivity (Wildman–Crippen MR) is 92.4 cm³/mol. The average Bonchev–Trinajstić information content (AvgIpc) is 2.73. The quantitative estimate of drug-likeness (QED) is 0.678. The number of aromatic nitrogens is 4. The summed E-state index contributed by atoms with van der Waals surface area (Å²) >= 11 is 0. The summed E-state index contributed by atoms with van der Waals surface area (Å²) in [6, 6.07) is 5.27. The molecule has 0 aromatic carbocycles. The lowest BCUT2D eigenvalue weighted by atomic mass is 9.97. The van der Waals surface area contributed by atoms with Gasteiger partial charge in [0.2, 0.25) is 5.95 Å². The minimum Gasteiger partial charge on any atom is -0.290 e. The smallest absolute Gasteiger partial charge is 0.290 e. The van der Waals surface area contributed by atoms with Gasteiger partial charge in [0.25, 0.3) is 0 Å². The van der Waals surface area contributed by atoms with E-state index in [4.69, 9.17) is 0 Å². The van der Waals surface area contributed by atoms with Crippen molar-refractivity contribution < 1.29 is 4.39 Å². The molecule has 6 heteroatoms. The number of aryl methyl sites for hydroxylation is 2. The fourth-order valence-electron chi connectivity index (χ4n) is 2.78. The van der Waals surface area contributed by atoms with Crippen LogP contribution in [0.2, 0.25) is 0 Å². The van der Waals surface area contributed by atoms with Gasteiger partial charge in [-0.25, -0.2) is 14.8 Å². The Labute approximate surface area is 139 Å². The topological polar surface area (TPSA) is 52.7 Å². The molecule has 0 aliphatic carbocycles. The normalized spacial score (nSPS) is 12.1. The molecule has 5 nitrogen and oxygen atoms in total. The summed E-state index contributed by atoms with van der Waals surface area (Å²) in [5, 5.41) is 0. The zero-order valence-electron chi connectivity index (χ0n) is 14.6. The number of rotatable bonds is 2. The van der Waals surface area contributed by atoms with Gasteiger partial charge >= 0.3 is 5.69 Å². The Hall–Kier alpha value is -2.50. The third kappa shape index (κ3) is 2.84. The minimum atomic E-state index is -0.563. The molecule has 0 radical (unpaired) electrons. The van der Waals surface area contributed by atoms with Crippen molar-refractivity contribution in [1.82, 2.24) is 19.1 Å². The minimum absolute atomic E-state index is 0.0383. The highest BCUT2D eigenvalue weighted by atomic mass is 19.1. The fraction of sp³-hybridized carbons (Fsp3) is 0.389. The van der Waals surface area contributed by atoms with Crippen LogP contribution in [0, 0.1) is 18.3 Å². The summed E-state index contributed by atoms with van der Waals surface area (Å²) in [6.45, 7) is 8.67. The molecule has 3 rings (SSSR count). The molecule has 0 saturated heterocycles. The van der Waals surface area contributed by atoms with Crippen LogP contribution in [0.1, 0.15) is 26.3 Å². The van der Waals surface area contributed by atoms with Crippen LogP contribution in [0.15, 0.2) is 29.2 Å². The molecule has 0 N–H and O–H groups in total. The Balaban J connectivity index is 2.21. The lowest BCUT2D eigenvalue weighted by Crippen LogP contribution is -2.27. The maximum absolute atomic E-state index is 14.0. The molecule has 0 unspecified atom stereocenters. The number of imidazole rings is 1. The van der Waals surface area contributed by atoms with Crippen LogP contribution in [-0.2, 0) is 13.6 Å². The highest BCUT2D eigenvalue weighted by Gasteiger charge is 2.19. The first-order chi connectivity index (χ1) is 11.2. The van der Waals surface area contributed by atoms with Crippen molar-refractivity contribution in [3.63, 3.8) is 0 Å². The molecule has 0 aliphatic rings. The zero-order chi connectivity index (χ0) is 17.6. The van der Waals surface area contributed by atoms with E-state index in [-0.39, 0.29) is 11.1 Å². The van der Waals surface area contributed by atoms with E-state index in [1.807, 2.05) is 13.0 Å². The molecule has 0 bridgehead atoms. The number of fused-ring (bicyclic) bond motifs is 1. The van der Waals surface area contributed by atoms with Crippen molar-refractivity contribution >= 4 is 11.2 Å². The van der Waals surface area contributed by atoms with E-state index < -0.39 is 5.95 Å². The van der Waals surface area contributed by atoms with Crippen LogP contribution in [0.4, 0.5) is 4.39 Å². The van der Waals surface area contributed by atoms with Crippen LogP contribution < -0.4 is 5.69 Å². The van der Waals surface area contributed by atoms with E-state index >= 15 is 0 Å².